The molecule has 2 rings (SSSR count). The molecule has 0 atom stereocenters. The van der Waals surface area contributed by atoms with Crippen LogP contribution in [0.15, 0.2) is 34.3 Å². The molecule has 0 unspecified atom stereocenters. The third kappa shape index (κ3) is 3.37. The van der Waals surface area contributed by atoms with Gasteiger partial charge in [-0.1, -0.05) is 35.5 Å². The lowest BCUT2D eigenvalue weighted by Gasteiger charge is -2.10. The minimum absolute atomic E-state index is 0.0777. The Morgan fingerprint density at radius 3 is 2.62 bits per heavy atom. The number of aromatic nitrogens is 2. The van der Waals surface area contributed by atoms with E-state index in [-0.39, 0.29) is 9.92 Å². The Balaban J connectivity index is 2.66. The van der Waals surface area contributed by atoms with Crippen LogP contribution in [0.5, 0.6) is 0 Å². The summed E-state index contributed by atoms with van der Waals surface area (Å²) >= 11 is 7.63. The van der Waals surface area contributed by atoms with Crippen LogP contribution in [0.4, 0.5) is 0 Å². The second kappa shape index (κ2) is 6.31. The number of nitrogens with zero attached hydrogens (tertiary/aromatic N) is 2. The summed E-state index contributed by atoms with van der Waals surface area (Å²) in [6.45, 7) is 1.84. The highest BCUT2D eigenvalue weighted by molar-refractivity contribution is 7.98. The Labute approximate surface area is 132 Å². The predicted octanol–water partition coefficient (Wildman–Crippen LogP) is 3.16. The van der Waals surface area contributed by atoms with Crippen LogP contribution in [0.1, 0.15) is 5.69 Å². The Morgan fingerprint density at radius 2 is 2.00 bits per heavy atom. The summed E-state index contributed by atoms with van der Waals surface area (Å²) in [5.41, 5.74) is 1.88. The maximum atomic E-state index is 11.9. The number of thioether (sulfide) groups is 1. The zero-order valence-electron chi connectivity index (χ0n) is 11.6. The van der Waals surface area contributed by atoms with Gasteiger partial charge in [-0.3, -0.25) is 4.18 Å². The largest absolute Gasteiger partial charge is 0.298 e. The summed E-state index contributed by atoms with van der Waals surface area (Å²) in [6, 6.07) is 6.46. The topological polar surface area (TPSA) is 69.2 Å². The van der Waals surface area contributed by atoms with Gasteiger partial charge in [-0.2, -0.15) is 8.42 Å². The van der Waals surface area contributed by atoms with Gasteiger partial charge in [0.2, 0.25) is 0 Å². The van der Waals surface area contributed by atoms with Crippen LogP contribution >= 0.6 is 23.4 Å². The van der Waals surface area contributed by atoms with Crippen molar-refractivity contribution < 1.29 is 12.6 Å². The number of aryl methyl sites for hydroxylation is 1. The number of halogens is 1. The quantitative estimate of drug-likeness (QED) is 0.482. The SMILES string of the molecule is COS(=O)(=O)c1cccc(-c2cc(C)nc(SC)n2)c1Cl. The van der Waals surface area contributed by atoms with Crippen molar-refractivity contribution in [3.8, 4) is 11.3 Å². The smallest absolute Gasteiger partial charge is 0.270 e. The molecule has 1 aromatic heterocycles. The molecule has 0 fully saturated rings. The van der Waals surface area contributed by atoms with E-state index in [2.05, 4.69) is 14.2 Å². The first-order valence-electron chi connectivity index (χ1n) is 5.88. The van der Waals surface area contributed by atoms with Gasteiger partial charge in [0, 0.05) is 11.3 Å². The molecule has 0 aliphatic rings. The van der Waals surface area contributed by atoms with Crippen molar-refractivity contribution in [3.63, 3.8) is 0 Å². The van der Waals surface area contributed by atoms with Crippen LogP contribution in [0.25, 0.3) is 11.3 Å². The van der Waals surface area contributed by atoms with Crippen LogP contribution in [0.2, 0.25) is 5.02 Å². The fraction of sp³-hybridized carbons (Fsp3) is 0.231. The molecule has 2 aromatic rings. The van der Waals surface area contributed by atoms with Crippen LogP contribution in [0, 0.1) is 6.92 Å². The molecule has 0 saturated carbocycles. The van der Waals surface area contributed by atoms with E-state index in [1.54, 1.807) is 18.2 Å². The van der Waals surface area contributed by atoms with Crippen molar-refractivity contribution in [2.24, 2.45) is 0 Å². The lowest BCUT2D eigenvalue weighted by atomic mass is 10.1. The molecular formula is C13H13ClN2O3S2. The van der Waals surface area contributed by atoms with E-state index in [1.807, 2.05) is 13.2 Å². The molecule has 1 heterocycles. The molecule has 1 aromatic carbocycles. The Kier molecular flexibility index (Phi) is 4.88. The van der Waals surface area contributed by atoms with Gasteiger partial charge in [0.1, 0.15) is 4.90 Å². The van der Waals surface area contributed by atoms with Crippen molar-refractivity contribution in [1.82, 2.24) is 9.97 Å². The Hall–Kier alpha value is -1.15. The minimum Gasteiger partial charge on any atom is -0.270 e. The van der Waals surface area contributed by atoms with Crippen LogP contribution in [0.3, 0.4) is 0 Å². The molecule has 0 N–H and O–H groups in total. The van der Waals surface area contributed by atoms with Gasteiger partial charge < -0.3 is 0 Å². The van der Waals surface area contributed by atoms with Crippen molar-refractivity contribution in [2.75, 3.05) is 13.4 Å². The first-order chi connectivity index (χ1) is 9.89. The Morgan fingerprint density at radius 1 is 1.29 bits per heavy atom. The van der Waals surface area contributed by atoms with E-state index in [0.29, 0.717) is 16.4 Å². The lowest BCUT2D eigenvalue weighted by Crippen LogP contribution is -2.04. The monoisotopic (exact) mass is 344 g/mol. The first-order valence-corrected chi connectivity index (χ1v) is 8.89. The molecule has 0 amide bonds. The number of rotatable bonds is 4. The number of hydrogen-bond donors (Lipinski definition) is 0. The van der Waals surface area contributed by atoms with Gasteiger partial charge in [0.05, 0.1) is 17.8 Å². The van der Waals surface area contributed by atoms with Gasteiger partial charge in [0.15, 0.2) is 5.16 Å². The van der Waals surface area contributed by atoms with Crippen LogP contribution in [-0.4, -0.2) is 31.8 Å². The van der Waals surface area contributed by atoms with Gasteiger partial charge in [0.25, 0.3) is 10.1 Å². The summed E-state index contributed by atoms with van der Waals surface area (Å²) in [5.74, 6) is 0. The van der Waals surface area contributed by atoms with Gasteiger partial charge >= 0.3 is 0 Å². The fourth-order valence-electron chi connectivity index (χ4n) is 1.76. The summed E-state index contributed by atoms with van der Waals surface area (Å²) in [6.07, 6.45) is 1.87. The number of benzene rings is 1. The molecule has 0 saturated heterocycles. The zero-order chi connectivity index (χ0) is 15.6. The van der Waals surface area contributed by atoms with E-state index < -0.39 is 10.1 Å². The standard InChI is InChI=1S/C13H13ClN2O3S2/c1-8-7-10(16-13(15-8)20-3)9-5-4-6-11(12(9)14)21(17,18)19-2/h4-7H,1-3H3. The molecule has 0 aliphatic heterocycles. The summed E-state index contributed by atoms with van der Waals surface area (Å²) in [5, 5.41) is 0.686. The second-order valence-electron chi connectivity index (χ2n) is 4.12. The summed E-state index contributed by atoms with van der Waals surface area (Å²) in [4.78, 5) is 8.55. The minimum atomic E-state index is -3.87. The summed E-state index contributed by atoms with van der Waals surface area (Å²) in [7, 11) is -2.77. The predicted molar refractivity (Wildman–Crippen MR) is 83.2 cm³/mol. The average Bonchev–Trinajstić information content (AvgIpc) is 2.46. The van der Waals surface area contributed by atoms with Crippen LogP contribution in [-0.2, 0) is 14.3 Å². The van der Waals surface area contributed by atoms with Crippen molar-refractivity contribution in [3.05, 3.63) is 35.0 Å². The first kappa shape index (κ1) is 16.2. The highest BCUT2D eigenvalue weighted by atomic mass is 35.5. The van der Waals surface area contributed by atoms with E-state index in [4.69, 9.17) is 11.6 Å². The molecule has 0 aliphatic carbocycles. The zero-order valence-corrected chi connectivity index (χ0v) is 14.0. The van der Waals surface area contributed by atoms with Crippen molar-refractivity contribution in [2.45, 2.75) is 17.0 Å². The molecule has 8 heteroatoms. The molecule has 112 valence electrons. The van der Waals surface area contributed by atoms with E-state index in [9.17, 15) is 8.42 Å². The molecule has 21 heavy (non-hydrogen) atoms. The molecule has 0 spiro atoms. The highest BCUT2D eigenvalue weighted by Gasteiger charge is 2.20. The fourth-order valence-corrected chi connectivity index (χ4v) is 3.45. The second-order valence-corrected chi connectivity index (χ2v) is 6.95. The third-order valence-electron chi connectivity index (χ3n) is 2.74. The molecule has 5 nitrogen and oxygen atoms in total. The van der Waals surface area contributed by atoms with Crippen molar-refractivity contribution in [1.29, 1.82) is 0 Å². The Bertz CT molecular complexity index is 779. The van der Waals surface area contributed by atoms with E-state index >= 15 is 0 Å². The normalized spacial score (nSPS) is 11.6. The number of hydrogen-bond acceptors (Lipinski definition) is 6. The van der Waals surface area contributed by atoms with Gasteiger partial charge in [-0.05, 0) is 25.3 Å². The lowest BCUT2D eigenvalue weighted by molar-refractivity contribution is 0.398. The van der Waals surface area contributed by atoms with E-state index in [1.165, 1.54) is 17.8 Å². The van der Waals surface area contributed by atoms with Gasteiger partial charge in [-0.15, -0.1) is 0 Å². The molecule has 0 bridgehead atoms. The average molecular weight is 345 g/mol. The maximum Gasteiger partial charge on any atom is 0.298 e. The van der Waals surface area contributed by atoms with Gasteiger partial charge in [-0.25, -0.2) is 9.97 Å². The van der Waals surface area contributed by atoms with Crippen LogP contribution < -0.4 is 0 Å². The third-order valence-corrected chi connectivity index (χ3v) is 5.13. The molecular weight excluding hydrogens is 332 g/mol. The highest BCUT2D eigenvalue weighted by Crippen LogP contribution is 2.33. The van der Waals surface area contributed by atoms with Crippen molar-refractivity contribution >= 4 is 33.5 Å². The maximum absolute atomic E-state index is 11.9. The summed E-state index contributed by atoms with van der Waals surface area (Å²) < 4.78 is 28.2. The van der Waals surface area contributed by atoms with E-state index in [0.717, 1.165) is 12.8 Å². The molecule has 0 radical (unpaired) electrons.